The van der Waals surface area contributed by atoms with Crippen molar-refractivity contribution in [2.45, 2.75) is 33.6 Å². The van der Waals surface area contributed by atoms with Crippen LogP contribution in [0.2, 0.25) is 0 Å². The second-order valence-electron chi connectivity index (χ2n) is 3.48. The zero-order chi connectivity index (χ0) is 9.40. The first-order valence-corrected chi connectivity index (χ1v) is 7.15. The number of halogens is 1. The molecule has 0 bridgehead atoms. The second-order valence-corrected chi connectivity index (χ2v) is 5.20. The molecule has 0 saturated carbocycles. The van der Waals surface area contributed by atoms with Crippen LogP contribution in [0.4, 0.5) is 0 Å². The average Bonchev–Trinajstić information content (AvgIpc) is 2.12. The van der Waals surface area contributed by atoms with Gasteiger partial charge in [0.2, 0.25) is 0 Å². The summed E-state index contributed by atoms with van der Waals surface area (Å²) in [6.45, 7) is 6.88. The van der Waals surface area contributed by atoms with Crippen molar-refractivity contribution in [3.8, 4) is 0 Å². The summed E-state index contributed by atoms with van der Waals surface area (Å²) in [4.78, 5) is 0. The minimum Gasteiger partial charge on any atom is -0.161 e. The molecule has 0 aliphatic rings. The van der Waals surface area contributed by atoms with Crippen molar-refractivity contribution in [3.05, 3.63) is 0 Å². The molecule has 0 aromatic carbocycles. The third-order valence-electron chi connectivity index (χ3n) is 2.25. The molecule has 0 fully saturated rings. The highest BCUT2D eigenvalue weighted by atomic mass is 79.9. The van der Waals surface area contributed by atoms with Crippen molar-refractivity contribution in [2.75, 3.05) is 16.8 Å². The summed E-state index contributed by atoms with van der Waals surface area (Å²) in [6.07, 6.45) is 2.62. The molecule has 0 rings (SSSR count). The van der Waals surface area contributed by atoms with E-state index in [9.17, 15) is 0 Å². The van der Waals surface area contributed by atoms with Crippen molar-refractivity contribution < 1.29 is 0 Å². The van der Waals surface area contributed by atoms with Crippen LogP contribution in [0.3, 0.4) is 0 Å². The summed E-state index contributed by atoms with van der Waals surface area (Å²) in [6, 6.07) is 0. The molecule has 0 saturated heterocycles. The molecule has 0 aromatic heterocycles. The number of rotatable bonds is 7. The Kier molecular flexibility index (Phi) is 9.01. The van der Waals surface area contributed by atoms with Gasteiger partial charge in [-0.25, -0.2) is 0 Å². The summed E-state index contributed by atoms with van der Waals surface area (Å²) in [7, 11) is 0. The lowest BCUT2D eigenvalue weighted by Gasteiger charge is -2.12. The molecular formula is C10H21BrS. The third kappa shape index (κ3) is 6.36. The Morgan fingerprint density at radius 1 is 1.17 bits per heavy atom. The van der Waals surface area contributed by atoms with Crippen molar-refractivity contribution in [1.82, 2.24) is 0 Å². The summed E-state index contributed by atoms with van der Waals surface area (Å²) < 4.78 is 0. The molecule has 12 heavy (non-hydrogen) atoms. The molecule has 0 spiro atoms. The summed E-state index contributed by atoms with van der Waals surface area (Å²) in [5, 5.41) is 1.16. The summed E-state index contributed by atoms with van der Waals surface area (Å²) in [5.74, 6) is 4.42. The molecule has 2 heteroatoms. The largest absolute Gasteiger partial charge is 0.161 e. The third-order valence-corrected chi connectivity index (χ3v) is 4.68. The Hall–Kier alpha value is 0.830. The van der Waals surface area contributed by atoms with Gasteiger partial charge in [0.25, 0.3) is 0 Å². The summed E-state index contributed by atoms with van der Waals surface area (Å²) >= 11 is 5.66. The highest BCUT2D eigenvalue weighted by Crippen LogP contribution is 2.17. The van der Waals surface area contributed by atoms with Gasteiger partial charge in [-0.05, 0) is 23.3 Å². The maximum atomic E-state index is 3.55. The normalized spacial score (nSPS) is 16.0. The van der Waals surface area contributed by atoms with Gasteiger partial charge in [0.15, 0.2) is 0 Å². The van der Waals surface area contributed by atoms with Gasteiger partial charge >= 0.3 is 0 Å². The van der Waals surface area contributed by atoms with Crippen LogP contribution in [0.25, 0.3) is 0 Å². The maximum Gasteiger partial charge on any atom is 0.00674 e. The van der Waals surface area contributed by atoms with Gasteiger partial charge in [0, 0.05) is 5.33 Å². The highest BCUT2D eigenvalue weighted by Gasteiger charge is 2.05. The Labute approximate surface area is 90.0 Å². The Bertz CT molecular complexity index is 91.8. The molecule has 0 amide bonds. The zero-order valence-corrected chi connectivity index (χ0v) is 10.9. The zero-order valence-electron chi connectivity index (χ0n) is 8.48. The number of thioether (sulfide) groups is 1. The van der Waals surface area contributed by atoms with Gasteiger partial charge in [-0.3, -0.25) is 0 Å². The van der Waals surface area contributed by atoms with E-state index in [1.165, 1.54) is 24.3 Å². The second kappa shape index (κ2) is 8.43. The molecule has 2 unspecified atom stereocenters. The quantitative estimate of drug-likeness (QED) is 0.613. The standard InChI is InChI=1S/C10H21BrS/c1-4-9(3)7-12-8-10(5-2)6-11/h9-10H,4-8H2,1-3H3. The minimum atomic E-state index is 0.874. The first-order valence-electron chi connectivity index (χ1n) is 4.88. The first kappa shape index (κ1) is 12.8. The lowest BCUT2D eigenvalue weighted by Crippen LogP contribution is -2.06. The van der Waals surface area contributed by atoms with Crippen LogP contribution in [0.15, 0.2) is 0 Å². The van der Waals surface area contributed by atoms with E-state index in [-0.39, 0.29) is 0 Å². The SMILES string of the molecule is CCC(C)CSCC(CC)CBr. The fraction of sp³-hybridized carbons (Fsp3) is 1.00. The predicted octanol–water partition coefficient (Wildman–Crippen LogP) is 4.19. The van der Waals surface area contributed by atoms with Crippen molar-refractivity contribution in [3.63, 3.8) is 0 Å². The highest BCUT2D eigenvalue weighted by molar-refractivity contribution is 9.09. The number of hydrogen-bond donors (Lipinski definition) is 0. The van der Waals surface area contributed by atoms with E-state index < -0.39 is 0 Å². The van der Waals surface area contributed by atoms with Crippen LogP contribution in [0.5, 0.6) is 0 Å². The van der Waals surface area contributed by atoms with Gasteiger partial charge in [-0.15, -0.1) is 0 Å². The van der Waals surface area contributed by atoms with E-state index in [2.05, 4.69) is 48.5 Å². The van der Waals surface area contributed by atoms with Crippen molar-refractivity contribution in [2.24, 2.45) is 11.8 Å². The molecule has 0 radical (unpaired) electrons. The molecule has 0 N–H and O–H groups in total. The molecule has 0 nitrogen and oxygen atoms in total. The number of hydrogen-bond acceptors (Lipinski definition) is 1. The first-order chi connectivity index (χ1) is 5.74. The molecule has 2 atom stereocenters. The van der Waals surface area contributed by atoms with Crippen LogP contribution in [-0.2, 0) is 0 Å². The van der Waals surface area contributed by atoms with E-state index in [1.54, 1.807) is 0 Å². The predicted molar refractivity (Wildman–Crippen MR) is 64.4 cm³/mol. The van der Waals surface area contributed by atoms with Crippen LogP contribution in [0, 0.1) is 11.8 Å². The van der Waals surface area contributed by atoms with E-state index >= 15 is 0 Å². The van der Waals surface area contributed by atoms with E-state index in [4.69, 9.17) is 0 Å². The van der Waals surface area contributed by atoms with E-state index in [0.29, 0.717) is 0 Å². The average molecular weight is 253 g/mol. The Morgan fingerprint density at radius 2 is 1.83 bits per heavy atom. The van der Waals surface area contributed by atoms with Gasteiger partial charge in [-0.2, -0.15) is 11.8 Å². The van der Waals surface area contributed by atoms with Crippen molar-refractivity contribution >= 4 is 27.7 Å². The van der Waals surface area contributed by atoms with Gasteiger partial charge in [-0.1, -0.05) is 49.5 Å². The van der Waals surface area contributed by atoms with Crippen LogP contribution in [-0.4, -0.2) is 16.8 Å². The van der Waals surface area contributed by atoms with Gasteiger partial charge in [0.05, 0.1) is 0 Å². The molecule has 0 aliphatic heterocycles. The fourth-order valence-corrected chi connectivity index (χ4v) is 3.28. The van der Waals surface area contributed by atoms with E-state index in [1.807, 2.05) is 0 Å². The maximum absolute atomic E-state index is 3.55. The monoisotopic (exact) mass is 252 g/mol. The van der Waals surface area contributed by atoms with E-state index in [0.717, 1.165) is 17.2 Å². The molecular weight excluding hydrogens is 232 g/mol. The van der Waals surface area contributed by atoms with Crippen LogP contribution in [0.1, 0.15) is 33.6 Å². The lowest BCUT2D eigenvalue weighted by atomic mass is 10.2. The molecule has 0 aromatic rings. The van der Waals surface area contributed by atoms with Crippen LogP contribution >= 0.6 is 27.7 Å². The minimum absolute atomic E-state index is 0.874. The molecule has 74 valence electrons. The van der Waals surface area contributed by atoms with Gasteiger partial charge in [0.1, 0.15) is 0 Å². The molecule has 0 heterocycles. The van der Waals surface area contributed by atoms with Gasteiger partial charge < -0.3 is 0 Å². The Morgan fingerprint density at radius 3 is 2.25 bits per heavy atom. The van der Waals surface area contributed by atoms with Crippen molar-refractivity contribution in [1.29, 1.82) is 0 Å². The topological polar surface area (TPSA) is 0 Å². The molecule has 0 aliphatic carbocycles. The Balaban J connectivity index is 3.28. The fourth-order valence-electron chi connectivity index (χ4n) is 0.825. The summed E-state index contributed by atoms with van der Waals surface area (Å²) in [5.41, 5.74) is 0. The smallest absolute Gasteiger partial charge is 0.00674 e. The lowest BCUT2D eigenvalue weighted by molar-refractivity contribution is 0.627. The number of alkyl halides is 1. The van der Waals surface area contributed by atoms with Crippen LogP contribution < -0.4 is 0 Å².